The first-order valence-electron chi connectivity index (χ1n) is 6.30. The zero-order valence-electron chi connectivity index (χ0n) is 10.7. The molecule has 16 heavy (non-hydrogen) atoms. The van der Waals surface area contributed by atoms with Gasteiger partial charge in [0.2, 0.25) is 0 Å². The average Bonchev–Trinajstić information content (AvgIpc) is 2.85. The monoisotopic (exact) mass is 221 g/mol. The molecule has 3 heteroatoms. The molecule has 2 heterocycles. The molecule has 0 aromatic carbocycles. The van der Waals surface area contributed by atoms with Crippen molar-refractivity contribution in [1.82, 2.24) is 14.5 Å². The van der Waals surface area contributed by atoms with Crippen molar-refractivity contribution in [3.63, 3.8) is 0 Å². The summed E-state index contributed by atoms with van der Waals surface area (Å²) in [4.78, 5) is 7.02. The lowest BCUT2D eigenvalue weighted by Crippen LogP contribution is -2.23. The molecule has 0 spiro atoms. The van der Waals surface area contributed by atoms with Gasteiger partial charge in [-0.2, -0.15) is 0 Å². The Labute approximate surface area is 98.5 Å². The molecule has 0 radical (unpaired) electrons. The summed E-state index contributed by atoms with van der Waals surface area (Å²) < 4.78 is 2.22. The molecule has 0 aliphatic carbocycles. The van der Waals surface area contributed by atoms with Crippen LogP contribution in [-0.2, 0) is 12.0 Å². The van der Waals surface area contributed by atoms with Gasteiger partial charge in [-0.25, -0.2) is 4.98 Å². The molecule has 0 N–H and O–H groups in total. The molecule has 1 saturated heterocycles. The molecule has 2 rings (SSSR count). The highest BCUT2D eigenvalue weighted by molar-refractivity contribution is 5.08. The molecule has 1 aromatic rings. The predicted molar refractivity (Wildman–Crippen MR) is 66.6 cm³/mol. The second-order valence-electron chi connectivity index (χ2n) is 5.80. The van der Waals surface area contributed by atoms with Gasteiger partial charge in [0, 0.05) is 24.7 Å². The van der Waals surface area contributed by atoms with E-state index >= 15 is 0 Å². The summed E-state index contributed by atoms with van der Waals surface area (Å²) in [6, 6.07) is 0. The highest BCUT2D eigenvalue weighted by Gasteiger charge is 2.17. The van der Waals surface area contributed by atoms with E-state index in [0.29, 0.717) is 0 Å². The van der Waals surface area contributed by atoms with Crippen LogP contribution in [0.5, 0.6) is 0 Å². The van der Waals surface area contributed by atoms with Crippen LogP contribution in [0.3, 0.4) is 0 Å². The predicted octanol–water partition coefficient (Wildman–Crippen LogP) is 2.28. The van der Waals surface area contributed by atoms with Gasteiger partial charge in [0.15, 0.2) is 0 Å². The van der Waals surface area contributed by atoms with Gasteiger partial charge >= 0.3 is 0 Å². The van der Waals surface area contributed by atoms with Crippen LogP contribution in [0.15, 0.2) is 12.5 Å². The van der Waals surface area contributed by atoms with E-state index in [1.54, 1.807) is 0 Å². The average molecular weight is 221 g/mol. The van der Waals surface area contributed by atoms with E-state index in [4.69, 9.17) is 0 Å². The Bertz CT molecular complexity index is 329. The summed E-state index contributed by atoms with van der Waals surface area (Å²) in [5.41, 5.74) is 1.35. The quantitative estimate of drug-likeness (QED) is 0.781. The summed E-state index contributed by atoms with van der Waals surface area (Å²) in [5, 5.41) is 0. The van der Waals surface area contributed by atoms with Crippen molar-refractivity contribution in [2.45, 2.75) is 45.6 Å². The van der Waals surface area contributed by atoms with Crippen molar-refractivity contribution in [1.29, 1.82) is 0 Å². The van der Waals surface area contributed by atoms with E-state index in [1.807, 2.05) is 6.33 Å². The van der Waals surface area contributed by atoms with Gasteiger partial charge in [0.25, 0.3) is 0 Å². The first-order chi connectivity index (χ1) is 7.55. The van der Waals surface area contributed by atoms with Gasteiger partial charge in [-0.15, -0.1) is 0 Å². The van der Waals surface area contributed by atoms with Gasteiger partial charge < -0.3 is 9.47 Å². The summed E-state index contributed by atoms with van der Waals surface area (Å²) in [6.45, 7) is 11.4. The maximum absolute atomic E-state index is 4.48. The summed E-state index contributed by atoms with van der Waals surface area (Å²) in [5.74, 6) is 0. The van der Waals surface area contributed by atoms with Crippen molar-refractivity contribution >= 4 is 0 Å². The Kier molecular flexibility index (Phi) is 3.33. The van der Waals surface area contributed by atoms with E-state index in [2.05, 4.69) is 41.4 Å². The van der Waals surface area contributed by atoms with Crippen LogP contribution < -0.4 is 0 Å². The van der Waals surface area contributed by atoms with E-state index in [9.17, 15) is 0 Å². The standard InChI is InChI=1S/C13H23N3/c1-13(2,3)12-10-16(11-14-12)9-8-15-6-4-5-7-15/h10-11H,4-9H2,1-3H3. The van der Waals surface area contributed by atoms with Gasteiger partial charge in [0.1, 0.15) is 0 Å². The summed E-state index contributed by atoms with van der Waals surface area (Å²) in [7, 11) is 0. The molecular formula is C13H23N3. The Morgan fingerprint density at radius 1 is 1.19 bits per heavy atom. The maximum Gasteiger partial charge on any atom is 0.0950 e. The van der Waals surface area contributed by atoms with Crippen molar-refractivity contribution in [3.05, 3.63) is 18.2 Å². The van der Waals surface area contributed by atoms with Crippen LogP contribution in [0.4, 0.5) is 0 Å². The van der Waals surface area contributed by atoms with E-state index in [0.717, 1.165) is 6.54 Å². The van der Waals surface area contributed by atoms with Gasteiger partial charge in [0.05, 0.1) is 12.0 Å². The second kappa shape index (κ2) is 4.58. The fourth-order valence-corrected chi connectivity index (χ4v) is 2.13. The number of likely N-dealkylation sites (tertiary alicyclic amines) is 1. The summed E-state index contributed by atoms with van der Waals surface area (Å²) in [6.07, 6.45) is 6.90. The molecule has 90 valence electrons. The van der Waals surface area contributed by atoms with Crippen LogP contribution in [0.2, 0.25) is 0 Å². The molecule has 1 aromatic heterocycles. The fraction of sp³-hybridized carbons (Fsp3) is 0.769. The lowest BCUT2D eigenvalue weighted by atomic mass is 9.93. The molecule has 1 aliphatic rings. The largest absolute Gasteiger partial charge is 0.336 e. The zero-order chi connectivity index (χ0) is 11.6. The minimum atomic E-state index is 0.166. The van der Waals surface area contributed by atoms with Gasteiger partial charge in [-0.05, 0) is 25.9 Å². The Balaban J connectivity index is 1.87. The van der Waals surface area contributed by atoms with E-state index in [-0.39, 0.29) is 5.41 Å². The molecule has 0 amide bonds. The van der Waals surface area contributed by atoms with Crippen molar-refractivity contribution < 1.29 is 0 Å². The van der Waals surface area contributed by atoms with Crippen LogP contribution in [-0.4, -0.2) is 34.1 Å². The van der Waals surface area contributed by atoms with Crippen LogP contribution in [0, 0.1) is 0 Å². The van der Waals surface area contributed by atoms with Crippen LogP contribution >= 0.6 is 0 Å². The molecular weight excluding hydrogens is 198 g/mol. The first kappa shape index (κ1) is 11.6. The molecule has 3 nitrogen and oxygen atoms in total. The lowest BCUT2D eigenvalue weighted by Gasteiger charge is -2.15. The number of aromatic nitrogens is 2. The third-order valence-corrected chi connectivity index (χ3v) is 3.27. The van der Waals surface area contributed by atoms with Crippen molar-refractivity contribution in [3.8, 4) is 0 Å². The van der Waals surface area contributed by atoms with Gasteiger partial charge in [-0.3, -0.25) is 0 Å². The first-order valence-corrected chi connectivity index (χ1v) is 6.30. The van der Waals surface area contributed by atoms with E-state index in [1.165, 1.54) is 38.2 Å². The number of hydrogen-bond donors (Lipinski definition) is 0. The third kappa shape index (κ3) is 2.85. The Morgan fingerprint density at radius 2 is 1.88 bits per heavy atom. The lowest BCUT2D eigenvalue weighted by molar-refractivity contribution is 0.322. The van der Waals surface area contributed by atoms with Crippen LogP contribution in [0.1, 0.15) is 39.3 Å². The van der Waals surface area contributed by atoms with E-state index < -0.39 is 0 Å². The highest BCUT2D eigenvalue weighted by Crippen LogP contribution is 2.19. The SMILES string of the molecule is CC(C)(C)c1cn(CCN2CCCC2)cn1. The minimum absolute atomic E-state index is 0.166. The number of imidazole rings is 1. The van der Waals surface area contributed by atoms with Crippen molar-refractivity contribution in [2.75, 3.05) is 19.6 Å². The fourth-order valence-electron chi connectivity index (χ4n) is 2.13. The molecule has 1 fully saturated rings. The number of nitrogens with zero attached hydrogens (tertiary/aromatic N) is 3. The number of hydrogen-bond acceptors (Lipinski definition) is 2. The minimum Gasteiger partial charge on any atom is -0.336 e. The molecule has 0 unspecified atom stereocenters. The summed E-state index contributed by atoms with van der Waals surface area (Å²) >= 11 is 0. The van der Waals surface area contributed by atoms with Crippen molar-refractivity contribution in [2.24, 2.45) is 0 Å². The molecule has 0 saturated carbocycles. The van der Waals surface area contributed by atoms with Crippen LogP contribution in [0.25, 0.3) is 0 Å². The zero-order valence-corrected chi connectivity index (χ0v) is 10.7. The van der Waals surface area contributed by atoms with Gasteiger partial charge in [-0.1, -0.05) is 20.8 Å². The Morgan fingerprint density at radius 3 is 2.44 bits per heavy atom. The Hall–Kier alpha value is -0.830. The third-order valence-electron chi connectivity index (χ3n) is 3.27. The molecule has 0 atom stereocenters. The molecule has 1 aliphatic heterocycles. The number of rotatable bonds is 3. The topological polar surface area (TPSA) is 21.1 Å². The normalized spacial score (nSPS) is 18.2. The molecule has 0 bridgehead atoms. The highest BCUT2D eigenvalue weighted by atomic mass is 15.2. The second-order valence-corrected chi connectivity index (χ2v) is 5.80. The maximum atomic E-state index is 4.48. The smallest absolute Gasteiger partial charge is 0.0950 e.